The highest BCUT2D eigenvalue weighted by atomic mass is 32.2. The number of thioether (sulfide) groups is 1. The Morgan fingerprint density at radius 1 is 1.07 bits per heavy atom. The summed E-state index contributed by atoms with van der Waals surface area (Å²) < 4.78 is 45.7. The molecule has 1 N–H and O–H groups in total. The minimum atomic E-state index is -3.41. The first-order chi connectivity index (χ1) is 14.3. The Hall–Kier alpha value is -1.36. The van der Waals surface area contributed by atoms with Crippen molar-refractivity contribution < 1.29 is 17.9 Å². The molecule has 164 valence electrons. The number of halogens is 2. The molecule has 0 spiro atoms. The van der Waals surface area contributed by atoms with Crippen molar-refractivity contribution in [2.24, 2.45) is 17.8 Å². The molecule has 3 rings (SSSR count). The number of anilines is 1. The molecule has 0 unspecified atom stereocenters. The fraction of sp³-hybridized carbons (Fsp3) is 0.478. The average Bonchev–Trinajstić information content (AvgIpc) is 2.69. The highest BCUT2D eigenvalue weighted by Gasteiger charge is 2.38. The fourth-order valence-corrected chi connectivity index (χ4v) is 6.56. The van der Waals surface area contributed by atoms with Crippen LogP contribution in [-0.2, 0) is 9.09 Å². The van der Waals surface area contributed by atoms with Crippen molar-refractivity contribution in [3.05, 3.63) is 54.6 Å². The topological polar surface area (TPSA) is 38.3 Å². The van der Waals surface area contributed by atoms with E-state index in [2.05, 4.69) is 25.9 Å². The molecule has 1 fully saturated rings. The zero-order valence-electron chi connectivity index (χ0n) is 17.6. The number of nitrogens with one attached hydrogen (secondary N) is 1. The normalized spacial score (nSPS) is 24.0. The third-order valence-electron chi connectivity index (χ3n) is 5.70. The summed E-state index contributed by atoms with van der Waals surface area (Å²) in [5, 5.41) is 3.72. The molecule has 0 bridgehead atoms. The minimum absolute atomic E-state index is 0.0963. The lowest BCUT2D eigenvalue weighted by Gasteiger charge is -2.39. The number of alkyl halides is 2. The van der Waals surface area contributed by atoms with Crippen LogP contribution in [0.3, 0.4) is 0 Å². The van der Waals surface area contributed by atoms with Crippen molar-refractivity contribution in [2.75, 3.05) is 5.09 Å². The highest BCUT2D eigenvalue weighted by Crippen LogP contribution is 2.51. The Bertz CT molecular complexity index is 848. The summed E-state index contributed by atoms with van der Waals surface area (Å²) in [5.41, 5.74) is 0.589. The summed E-state index contributed by atoms with van der Waals surface area (Å²) in [7, 11) is -3.41. The molecule has 4 atom stereocenters. The maximum absolute atomic E-state index is 14.1. The van der Waals surface area contributed by atoms with Crippen LogP contribution in [0.5, 0.6) is 0 Å². The minimum Gasteiger partial charge on any atom is -0.312 e. The Labute approximate surface area is 182 Å². The first-order valence-corrected chi connectivity index (χ1v) is 12.9. The van der Waals surface area contributed by atoms with Crippen LogP contribution < -0.4 is 10.4 Å². The van der Waals surface area contributed by atoms with Crippen molar-refractivity contribution >= 4 is 30.3 Å². The second kappa shape index (κ2) is 10.3. The van der Waals surface area contributed by atoms with Crippen LogP contribution in [0.4, 0.5) is 14.5 Å². The van der Waals surface area contributed by atoms with Crippen LogP contribution in [-0.4, -0.2) is 11.9 Å². The number of hydrogen-bond acceptors (Lipinski definition) is 3. The lowest BCUT2D eigenvalue weighted by atomic mass is 9.75. The fourth-order valence-electron chi connectivity index (χ4n) is 4.08. The third-order valence-corrected chi connectivity index (χ3v) is 8.52. The quantitative estimate of drug-likeness (QED) is 0.334. The predicted octanol–water partition coefficient (Wildman–Crippen LogP) is 7.41. The number of benzene rings is 2. The van der Waals surface area contributed by atoms with Crippen molar-refractivity contribution in [1.29, 1.82) is 0 Å². The van der Waals surface area contributed by atoms with Crippen molar-refractivity contribution in [2.45, 2.75) is 56.8 Å². The van der Waals surface area contributed by atoms with E-state index in [1.807, 2.05) is 30.3 Å². The molecule has 1 saturated carbocycles. The van der Waals surface area contributed by atoms with Gasteiger partial charge in [0.15, 0.2) is 0 Å². The summed E-state index contributed by atoms with van der Waals surface area (Å²) >= 11 is 0.492. The first kappa shape index (κ1) is 23.3. The maximum Gasteiger partial charge on any atom is 0.324 e. The van der Waals surface area contributed by atoms with E-state index in [0.29, 0.717) is 45.4 Å². The largest absolute Gasteiger partial charge is 0.324 e. The van der Waals surface area contributed by atoms with Gasteiger partial charge in [-0.25, -0.2) is 0 Å². The van der Waals surface area contributed by atoms with E-state index < -0.39 is 13.3 Å². The molecule has 7 heteroatoms. The van der Waals surface area contributed by atoms with E-state index in [9.17, 15) is 13.3 Å². The number of rotatable bonds is 8. The first-order valence-electron chi connectivity index (χ1n) is 10.4. The van der Waals surface area contributed by atoms with Gasteiger partial charge >= 0.3 is 7.52 Å². The molecule has 3 nitrogen and oxygen atoms in total. The molecule has 0 radical (unpaired) electrons. The molecule has 0 aliphatic heterocycles. The molecule has 0 saturated heterocycles. The van der Waals surface area contributed by atoms with E-state index in [-0.39, 0.29) is 6.10 Å². The van der Waals surface area contributed by atoms with Gasteiger partial charge in [0, 0.05) is 10.6 Å². The zero-order chi connectivity index (χ0) is 21.7. The third kappa shape index (κ3) is 6.09. The van der Waals surface area contributed by atoms with Crippen LogP contribution in [0.2, 0.25) is 0 Å². The molecule has 30 heavy (non-hydrogen) atoms. The van der Waals surface area contributed by atoms with E-state index in [0.717, 1.165) is 19.3 Å². The van der Waals surface area contributed by atoms with Crippen LogP contribution in [0.1, 0.15) is 40.0 Å². The molecular weight excluding hydrogens is 423 g/mol. The van der Waals surface area contributed by atoms with Gasteiger partial charge in [0.2, 0.25) is 0 Å². The maximum atomic E-state index is 14.1. The predicted molar refractivity (Wildman–Crippen MR) is 122 cm³/mol. The van der Waals surface area contributed by atoms with E-state index in [1.54, 1.807) is 24.3 Å². The molecule has 0 aromatic heterocycles. The van der Waals surface area contributed by atoms with Crippen LogP contribution in [0.25, 0.3) is 0 Å². The molecule has 2 aromatic carbocycles. The summed E-state index contributed by atoms with van der Waals surface area (Å²) in [6, 6.07) is 15.8. The Morgan fingerprint density at radius 3 is 2.33 bits per heavy atom. The van der Waals surface area contributed by atoms with Crippen LogP contribution in [0.15, 0.2) is 59.5 Å². The molecule has 2 aromatic rings. The van der Waals surface area contributed by atoms with Crippen molar-refractivity contribution in [3.63, 3.8) is 0 Å². The molecule has 1 aliphatic carbocycles. The standard InChI is InChI=1S/C23H30F2NO2PS/c1-16(2)21-14-9-17(3)15-22(21)28-29(27,19-7-5-4-6-8-19)26-18-10-12-20(13-11-18)30-23(24)25/h4-8,10-13,16-17,21-23H,9,14-15H2,1-3H3,(H,26,27)/t17-,21-,22-,29+/m1/s1. The summed E-state index contributed by atoms with van der Waals surface area (Å²) in [6.45, 7) is 6.60. The molecule has 0 amide bonds. The molecule has 0 heterocycles. The van der Waals surface area contributed by atoms with Crippen molar-refractivity contribution in [3.8, 4) is 0 Å². The average molecular weight is 454 g/mol. The Balaban J connectivity index is 1.87. The van der Waals surface area contributed by atoms with Gasteiger partial charge in [-0.05, 0) is 67.0 Å². The van der Waals surface area contributed by atoms with E-state index in [4.69, 9.17) is 4.52 Å². The smallest absolute Gasteiger partial charge is 0.312 e. The second-order valence-electron chi connectivity index (χ2n) is 8.37. The lowest BCUT2D eigenvalue weighted by molar-refractivity contribution is 0.0506. The van der Waals surface area contributed by atoms with Gasteiger partial charge in [-0.15, -0.1) is 0 Å². The van der Waals surface area contributed by atoms with Gasteiger partial charge in [-0.3, -0.25) is 4.57 Å². The molecule has 1 aliphatic rings. The second-order valence-corrected chi connectivity index (χ2v) is 11.5. The van der Waals surface area contributed by atoms with Gasteiger partial charge in [0.25, 0.3) is 5.76 Å². The van der Waals surface area contributed by atoms with Crippen LogP contribution in [0, 0.1) is 17.8 Å². The van der Waals surface area contributed by atoms with E-state index >= 15 is 0 Å². The Morgan fingerprint density at radius 2 is 1.73 bits per heavy atom. The van der Waals surface area contributed by atoms with Crippen LogP contribution >= 0.6 is 19.3 Å². The summed E-state index contributed by atoms with van der Waals surface area (Å²) in [6.07, 6.45) is 3.01. The number of hydrogen-bond donors (Lipinski definition) is 1. The molecular formula is C23H30F2NO2PS. The van der Waals surface area contributed by atoms with Gasteiger partial charge in [0.05, 0.1) is 11.4 Å². The lowest BCUT2D eigenvalue weighted by Crippen LogP contribution is -2.35. The van der Waals surface area contributed by atoms with Gasteiger partial charge in [-0.1, -0.05) is 57.2 Å². The van der Waals surface area contributed by atoms with Gasteiger partial charge in [-0.2, -0.15) is 8.78 Å². The van der Waals surface area contributed by atoms with Gasteiger partial charge < -0.3 is 9.61 Å². The monoisotopic (exact) mass is 453 g/mol. The van der Waals surface area contributed by atoms with Crippen molar-refractivity contribution in [1.82, 2.24) is 0 Å². The zero-order valence-corrected chi connectivity index (χ0v) is 19.3. The van der Waals surface area contributed by atoms with E-state index in [1.165, 1.54) is 0 Å². The Kier molecular flexibility index (Phi) is 8.00. The SMILES string of the molecule is CC(C)[C@H]1CC[C@@H](C)C[C@H]1O[P@](=O)(Nc1ccc(SC(F)F)cc1)c1ccccc1. The summed E-state index contributed by atoms with van der Waals surface area (Å²) in [4.78, 5) is 0.465. The van der Waals surface area contributed by atoms with Gasteiger partial charge in [0.1, 0.15) is 0 Å². The highest BCUT2D eigenvalue weighted by molar-refractivity contribution is 7.99. The summed E-state index contributed by atoms with van der Waals surface area (Å²) in [5.74, 6) is -1.15.